The number of rotatable bonds is 4. The fourth-order valence-corrected chi connectivity index (χ4v) is 3.34. The Morgan fingerprint density at radius 2 is 2.21 bits per heavy atom. The molecule has 1 saturated carbocycles. The minimum atomic E-state index is 0.0712. The largest absolute Gasteiger partial charge is 0.504 e. The summed E-state index contributed by atoms with van der Waals surface area (Å²) in [6.45, 7) is 0. The van der Waals surface area contributed by atoms with Crippen molar-refractivity contribution >= 4 is 5.78 Å². The molecule has 0 amide bonds. The number of allylic oxidation sites excluding steroid dienone is 2. The third kappa shape index (κ3) is 2.25. The van der Waals surface area contributed by atoms with Crippen molar-refractivity contribution in [2.45, 2.75) is 19.3 Å². The van der Waals surface area contributed by atoms with Gasteiger partial charge in [-0.2, -0.15) is 0 Å². The zero-order valence-electron chi connectivity index (χ0n) is 11.0. The molecule has 3 heteroatoms. The maximum atomic E-state index is 12.3. The summed E-state index contributed by atoms with van der Waals surface area (Å²) in [7, 11) is 1.49. The molecule has 1 fully saturated rings. The molecule has 3 nitrogen and oxygen atoms in total. The van der Waals surface area contributed by atoms with Crippen LogP contribution in [0.3, 0.4) is 0 Å². The molecule has 1 aromatic rings. The number of benzene rings is 1. The molecule has 0 radical (unpaired) electrons. The molecular weight excluding hydrogens is 240 g/mol. The molecule has 0 saturated heterocycles. The summed E-state index contributed by atoms with van der Waals surface area (Å²) in [5.74, 6) is 2.34. The van der Waals surface area contributed by atoms with E-state index in [1.165, 1.54) is 19.6 Å². The predicted molar refractivity (Wildman–Crippen MR) is 72.5 cm³/mol. The molecule has 19 heavy (non-hydrogen) atoms. The minimum Gasteiger partial charge on any atom is -0.504 e. The number of carbonyl (C=O) groups excluding carboxylic acids is 1. The van der Waals surface area contributed by atoms with Crippen LogP contribution in [0.25, 0.3) is 0 Å². The summed E-state index contributed by atoms with van der Waals surface area (Å²) in [6.07, 6.45) is 7.51. The van der Waals surface area contributed by atoms with E-state index in [1.807, 2.05) is 0 Å². The van der Waals surface area contributed by atoms with Crippen molar-refractivity contribution in [3.8, 4) is 11.5 Å². The van der Waals surface area contributed by atoms with Crippen molar-refractivity contribution in [2.24, 2.45) is 17.8 Å². The topological polar surface area (TPSA) is 46.5 Å². The minimum absolute atomic E-state index is 0.0712. The van der Waals surface area contributed by atoms with Gasteiger partial charge >= 0.3 is 0 Å². The molecule has 1 aromatic carbocycles. The number of methoxy groups -OCH3 is 1. The number of hydrogen-bond donors (Lipinski definition) is 1. The fraction of sp³-hybridized carbons (Fsp3) is 0.438. The first-order valence-corrected chi connectivity index (χ1v) is 6.76. The van der Waals surface area contributed by atoms with Crippen LogP contribution in [-0.2, 0) is 0 Å². The van der Waals surface area contributed by atoms with E-state index in [1.54, 1.807) is 12.1 Å². The highest BCUT2D eigenvalue weighted by atomic mass is 16.5. The maximum Gasteiger partial charge on any atom is 0.163 e. The number of ether oxygens (including phenoxy) is 1. The van der Waals surface area contributed by atoms with Gasteiger partial charge in [0.25, 0.3) is 0 Å². The number of aromatic hydroxyl groups is 1. The summed E-state index contributed by atoms with van der Waals surface area (Å²) < 4.78 is 5.04. The highest BCUT2D eigenvalue weighted by Gasteiger charge is 2.36. The van der Waals surface area contributed by atoms with Gasteiger partial charge in [0, 0.05) is 12.0 Å². The summed E-state index contributed by atoms with van der Waals surface area (Å²) in [5, 5.41) is 9.54. The first kappa shape index (κ1) is 12.3. The van der Waals surface area contributed by atoms with Crippen molar-refractivity contribution in [1.82, 2.24) is 0 Å². The lowest BCUT2D eigenvalue weighted by molar-refractivity contribution is 0.0954. The molecule has 3 rings (SSSR count). The second kappa shape index (κ2) is 4.72. The predicted octanol–water partition coefficient (Wildman–Crippen LogP) is 3.19. The molecule has 0 spiro atoms. The fourth-order valence-electron chi connectivity index (χ4n) is 3.34. The number of hydrogen-bond acceptors (Lipinski definition) is 3. The Hall–Kier alpha value is -1.77. The van der Waals surface area contributed by atoms with Gasteiger partial charge in [0.15, 0.2) is 17.3 Å². The van der Waals surface area contributed by atoms with Gasteiger partial charge in [0.1, 0.15) is 0 Å². The van der Waals surface area contributed by atoms with Gasteiger partial charge in [-0.25, -0.2) is 0 Å². The van der Waals surface area contributed by atoms with Gasteiger partial charge in [0.05, 0.1) is 7.11 Å². The van der Waals surface area contributed by atoms with E-state index in [0.717, 1.165) is 6.42 Å². The van der Waals surface area contributed by atoms with Crippen molar-refractivity contribution in [3.05, 3.63) is 35.9 Å². The highest BCUT2D eigenvalue weighted by Crippen LogP contribution is 2.45. The second-order valence-electron chi connectivity index (χ2n) is 5.55. The smallest absolute Gasteiger partial charge is 0.163 e. The van der Waals surface area contributed by atoms with E-state index in [4.69, 9.17) is 4.74 Å². The molecule has 3 unspecified atom stereocenters. The summed E-state index contributed by atoms with van der Waals surface area (Å²) in [5.41, 5.74) is 0.626. The van der Waals surface area contributed by atoms with Crippen LogP contribution in [0.15, 0.2) is 30.4 Å². The van der Waals surface area contributed by atoms with Gasteiger partial charge in [0.2, 0.25) is 0 Å². The van der Waals surface area contributed by atoms with Crippen LogP contribution in [0.4, 0.5) is 0 Å². The van der Waals surface area contributed by atoms with Gasteiger partial charge < -0.3 is 9.84 Å². The quantitative estimate of drug-likeness (QED) is 0.666. The van der Waals surface area contributed by atoms with Crippen LogP contribution in [-0.4, -0.2) is 18.0 Å². The van der Waals surface area contributed by atoms with E-state index >= 15 is 0 Å². The first-order valence-electron chi connectivity index (χ1n) is 6.76. The molecule has 100 valence electrons. The molecule has 2 aliphatic carbocycles. The normalized spacial score (nSPS) is 27.7. The summed E-state index contributed by atoms with van der Waals surface area (Å²) in [4.78, 5) is 12.3. The highest BCUT2D eigenvalue weighted by molar-refractivity contribution is 5.96. The average Bonchev–Trinajstić information content (AvgIpc) is 3.01. The lowest BCUT2D eigenvalue weighted by Crippen LogP contribution is -2.13. The van der Waals surface area contributed by atoms with Gasteiger partial charge in [-0.1, -0.05) is 12.2 Å². The molecule has 1 N–H and O–H groups in total. The molecule has 2 bridgehead atoms. The maximum absolute atomic E-state index is 12.3. The van der Waals surface area contributed by atoms with Gasteiger partial charge in [-0.3, -0.25) is 4.79 Å². The summed E-state index contributed by atoms with van der Waals surface area (Å²) in [6, 6.07) is 4.82. The Morgan fingerprint density at radius 1 is 1.37 bits per heavy atom. The number of phenolic OH excluding ortho intramolecular Hbond substituents is 1. The molecular formula is C16H18O3. The van der Waals surface area contributed by atoms with E-state index in [9.17, 15) is 9.90 Å². The van der Waals surface area contributed by atoms with Crippen LogP contribution >= 0.6 is 0 Å². The third-order valence-corrected chi connectivity index (χ3v) is 4.37. The van der Waals surface area contributed by atoms with Gasteiger partial charge in [-0.15, -0.1) is 0 Å². The van der Waals surface area contributed by atoms with Crippen molar-refractivity contribution in [2.75, 3.05) is 7.11 Å². The van der Waals surface area contributed by atoms with Crippen LogP contribution in [0, 0.1) is 17.8 Å². The zero-order valence-corrected chi connectivity index (χ0v) is 11.0. The third-order valence-electron chi connectivity index (χ3n) is 4.37. The Balaban J connectivity index is 1.72. The van der Waals surface area contributed by atoms with Crippen LogP contribution in [0.1, 0.15) is 29.6 Å². The van der Waals surface area contributed by atoms with Crippen LogP contribution < -0.4 is 4.74 Å². The first-order chi connectivity index (χ1) is 9.17. The monoisotopic (exact) mass is 258 g/mol. The molecule has 2 aliphatic rings. The number of fused-ring (bicyclic) bond motifs is 2. The molecule has 3 atom stereocenters. The van der Waals surface area contributed by atoms with E-state index in [-0.39, 0.29) is 11.5 Å². The lowest BCUT2D eigenvalue weighted by Gasteiger charge is -2.17. The molecule has 0 heterocycles. The number of Topliss-reactive ketones (excluding diaryl/α,β-unsaturated/α-hetero) is 1. The second-order valence-corrected chi connectivity index (χ2v) is 5.55. The standard InChI is InChI=1S/C16H18O3/c1-19-16-9-12(4-5-14(16)17)15(18)8-13-7-10-2-3-11(13)6-10/h2-5,9-11,13,17H,6-8H2,1H3. The van der Waals surface area contributed by atoms with E-state index in [0.29, 0.717) is 35.5 Å². The van der Waals surface area contributed by atoms with Crippen LogP contribution in [0.2, 0.25) is 0 Å². The van der Waals surface area contributed by atoms with Crippen molar-refractivity contribution < 1.29 is 14.6 Å². The van der Waals surface area contributed by atoms with Crippen molar-refractivity contribution in [3.63, 3.8) is 0 Å². The molecule has 0 aliphatic heterocycles. The zero-order chi connectivity index (χ0) is 13.4. The van der Waals surface area contributed by atoms with Gasteiger partial charge in [-0.05, 0) is 48.8 Å². The number of phenols is 1. The summed E-state index contributed by atoms with van der Waals surface area (Å²) >= 11 is 0. The average molecular weight is 258 g/mol. The van der Waals surface area contributed by atoms with Crippen LogP contribution in [0.5, 0.6) is 11.5 Å². The number of carbonyl (C=O) groups is 1. The Morgan fingerprint density at radius 3 is 2.84 bits per heavy atom. The Labute approximate surface area is 112 Å². The lowest BCUT2D eigenvalue weighted by atomic mass is 9.87. The Kier molecular flexibility index (Phi) is 3.05. The molecule has 0 aromatic heterocycles. The number of ketones is 1. The van der Waals surface area contributed by atoms with Crippen molar-refractivity contribution in [1.29, 1.82) is 0 Å². The Bertz CT molecular complexity index is 533. The van der Waals surface area contributed by atoms with E-state index < -0.39 is 0 Å². The van der Waals surface area contributed by atoms with E-state index in [2.05, 4.69) is 12.2 Å². The SMILES string of the molecule is COc1cc(C(=O)CC2CC3C=CC2C3)ccc1O.